The predicted molar refractivity (Wildman–Crippen MR) is 65.4 cm³/mol. The monoisotopic (exact) mass is 260 g/mol. The second-order valence-corrected chi connectivity index (χ2v) is 4.72. The van der Waals surface area contributed by atoms with Crippen LogP contribution in [-0.2, 0) is 0 Å². The van der Waals surface area contributed by atoms with E-state index in [-0.39, 0.29) is 12.4 Å². The number of fused-ring (bicyclic) bond motifs is 1. The molecule has 0 unspecified atom stereocenters. The fraction of sp³-hybridized carbons (Fsp3) is 0.545. The lowest BCUT2D eigenvalue weighted by molar-refractivity contribution is 0.267. The summed E-state index contributed by atoms with van der Waals surface area (Å²) in [6.45, 7) is 0.732. The molecular formula is C11H14Cl2N2O. The van der Waals surface area contributed by atoms with Crippen LogP contribution in [0.3, 0.4) is 0 Å². The highest BCUT2D eigenvalue weighted by Gasteiger charge is 2.45. The van der Waals surface area contributed by atoms with Crippen LogP contribution in [0.2, 0.25) is 5.15 Å². The average molecular weight is 261 g/mol. The molecule has 1 aliphatic carbocycles. The van der Waals surface area contributed by atoms with E-state index in [1.54, 1.807) is 12.3 Å². The standard InChI is InChI=1S/C11H13ClN2O.ClH/c12-11-2-1-9(5-13-11)15-6-8-3-7-4-10(7)14-8;/h1-2,5,7-8,10,14H,3-4,6H2;1H/t7-,8+,10+;/m1./s1. The summed E-state index contributed by atoms with van der Waals surface area (Å²) in [6.07, 6.45) is 4.28. The number of hydrogen-bond acceptors (Lipinski definition) is 3. The van der Waals surface area contributed by atoms with Crippen LogP contribution < -0.4 is 10.1 Å². The smallest absolute Gasteiger partial charge is 0.137 e. The van der Waals surface area contributed by atoms with Gasteiger partial charge < -0.3 is 10.1 Å². The molecule has 88 valence electrons. The number of pyridine rings is 1. The second kappa shape index (κ2) is 4.78. The number of ether oxygens (including phenoxy) is 1. The summed E-state index contributed by atoms with van der Waals surface area (Å²) >= 11 is 5.68. The third-order valence-corrected chi connectivity index (χ3v) is 3.33. The van der Waals surface area contributed by atoms with E-state index in [9.17, 15) is 0 Å². The SMILES string of the molecule is Cl.Clc1ccc(OC[C@@H]2C[C@@H]3C[C@@H]3N2)cn1. The summed E-state index contributed by atoms with van der Waals surface area (Å²) in [5, 5.41) is 4.04. The van der Waals surface area contributed by atoms with Crippen molar-refractivity contribution in [3.05, 3.63) is 23.5 Å². The van der Waals surface area contributed by atoms with Crippen LogP contribution in [0, 0.1) is 5.92 Å². The largest absolute Gasteiger partial charge is 0.490 e. The van der Waals surface area contributed by atoms with Gasteiger partial charge in [-0.05, 0) is 30.9 Å². The maximum absolute atomic E-state index is 5.68. The fourth-order valence-electron chi connectivity index (χ4n) is 2.21. The number of piperidine rings is 1. The Bertz CT molecular complexity index is 348. The highest BCUT2D eigenvalue weighted by Crippen LogP contribution is 2.40. The Hall–Kier alpha value is -0.510. The molecule has 1 aromatic rings. The molecule has 3 rings (SSSR count). The van der Waals surface area contributed by atoms with Gasteiger partial charge in [-0.25, -0.2) is 4.98 Å². The van der Waals surface area contributed by atoms with E-state index in [2.05, 4.69) is 10.3 Å². The van der Waals surface area contributed by atoms with Crippen LogP contribution in [0.1, 0.15) is 12.8 Å². The molecule has 3 atom stereocenters. The molecule has 0 radical (unpaired) electrons. The molecule has 0 amide bonds. The number of rotatable bonds is 3. The van der Waals surface area contributed by atoms with Gasteiger partial charge in [-0.3, -0.25) is 0 Å². The molecule has 1 N–H and O–H groups in total. The van der Waals surface area contributed by atoms with Crippen molar-refractivity contribution in [3.8, 4) is 5.75 Å². The maximum Gasteiger partial charge on any atom is 0.137 e. The van der Waals surface area contributed by atoms with Crippen LogP contribution in [-0.4, -0.2) is 23.7 Å². The van der Waals surface area contributed by atoms with Gasteiger partial charge in [0.1, 0.15) is 17.5 Å². The van der Waals surface area contributed by atoms with Crippen LogP contribution >= 0.6 is 24.0 Å². The van der Waals surface area contributed by atoms with E-state index >= 15 is 0 Å². The molecule has 1 aromatic heterocycles. The van der Waals surface area contributed by atoms with Crippen molar-refractivity contribution in [2.45, 2.75) is 24.9 Å². The minimum absolute atomic E-state index is 0. The van der Waals surface area contributed by atoms with Crippen LogP contribution in [0.15, 0.2) is 18.3 Å². The zero-order valence-corrected chi connectivity index (χ0v) is 10.3. The van der Waals surface area contributed by atoms with Crippen LogP contribution in [0.5, 0.6) is 5.75 Å². The molecule has 0 aromatic carbocycles. The Morgan fingerprint density at radius 1 is 1.44 bits per heavy atom. The average Bonchev–Trinajstić information content (AvgIpc) is 2.86. The summed E-state index contributed by atoms with van der Waals surface area (Å²) in [5.74, 6) is 1.71. The molecule has 2 aliphatic rings. The minimum atomic E-state index is 0. The lowest BCUT2D eigenvalue weighted by Gasteiger charge is -2.13. The topological polar surface area (TPSA) is 34.1 Å². The summed E-state index contributed by atoms with van der Waals surface area (Å²) in [7, 11) is 0. The molecule has 16 heavy (non-hydrogen) atoms. The first-order valence-electron chi connectivity index (χ1n) is 5.31. The fourth-order valence-corrected chi connectivity index (χ4v) is 2.32. The van der Waals surface area contributed by atoms with Crippen molar-refractivity contribution in [3.63, 3.8) is 0 Å². The van der Waals surface area contributed by atoms with Gasteiger partial charge >= 0.3 is 0 Å². The highest BCUT2D eigenvalue weighted by molar-refractivity contribution is 6.29. The third kappa shape index (κ3) is 2.59. The van der Waals surface area contributed by atoms with Crippen LogP contribution in [0.25, 0.3) is 0 Å². The lowest BCUT2D eigenvalue weighted by Crippen LogP contribution is -2.31. The quantitative estimate of drug-likeness (QED) is 0.847. The predicted octanol–water partition coefficient (Wildman–Crippen LogP) is 2.29. The van der Waals surface area contributed by atoms with Gasteiger partial charge in [0.05, 0.1) is 6.20 Å². The first-order chi connectivity index (χ1) is 7.31. The zero-order chi connectivity index (χ0) is 10.3. The molecular weight excluding hydrogens is 247 g/mol. The number of aromatic nitrogens is 1. The van der Waals surface area contributed by atoms with E-state index in [0.29, 0.717) is 11.2 Å². The maximum atomic E-state index is 5.68. The van der Waals surface area contributed by atoms with Crippen molar-refractivity contribution < 1.29 is 4.74 Å². The van der Waals surface area contributed by atoms with E-state index < -0.39 is 0 Å². The molecule has 2 heterocycles. The summed E-state index contributed by atoms with van der Waals surface area (Å²) in [4.78, 5) is 3.97. The molecule has 0 spiro atoms. The van der Waals surface area contributed by atoms with Crippen molar-refractivity contribution in [2.24, 2.45) is 5.92 Å². The van der Waals surface area contributed by atoms with Gasteiger partial charge in [0.25, 0.3) is 0 Å². The number of halogens is 2. The second-order valence-electron chi connectivity index (χ2n) is 4.33. The van der Waals surface area contributed by atoms with E-state index in [4.69, 9.17) is 16.3 Å². The highest BCUT2D eigenvalue weighted by atomic mass is 35.5. The van der Waals surface area contributed by atoms with Gasteiger partial charge in [0.15, 0.2) is 0 Å². The minimum Gasteiger partial charge on any atom is -0.490 e. The Morgan fingerprint density at radius 2 is 2.31 bits per heavy atom. The van der Waals surface area contributed by atoms with E-state index in [0.717, 1.165) is 24.3 Å². The number of hydrogen-bond donors (Lipinski definition) is 1. The van der Waals surface area contributed by atoms with Gasteiger partial charge in [0.2, 0.25) is 0 Å². The molecule has 3 nitrogen and oxygen atoms in total. The Kier molecular flexibility index (Phi) is 3.57. The first kappa shape index (κ1) is 12.0. The van der Waals surface area contributed by atoms with Gasteiger partial charge in [-0.15, -0.1) is 12.4 Å². The Labute approximate surface area is 106 Å². The molecule has 5 heteroatoms. The lowest BCUT2D eigenvalue weighted by atomic mass is 10.2. The number of nitrogens with zero attached hydrogens (tertiary/aromatic N) is 1. The summed E-state index contributed by atoms with van der Waals surface area (Å²) < 4.78 is 5.63. The molecule has 0 bridgehead atoms. The Balaban J connectivity index is 0.000000963. The van der Waals surface area contributed by atoms with E-state index in [1.807, 2.05) is 6.07 Å². The van der Waals surface area contributed by atoms with Crippen molar-refractivity contribution in [2.75, 3.05) is 6.61 Å². The summed E-state index contributed by atoms with van der Waals surface area (Å²) in [5.41, 5.74) is 0. The van der Waals surface area contributed by atoms with E-state index in [1.165, 1.54) is 12.8 Å². The molecule has 1 saturated heterocycles. The van der Waals surface area contributed by atoms with Crippen molar-refractivity contribution in [1.82, 2.24) is 10.3 Å². The van der Waals surface area contributed by atoms with Crippen molar-refractivity contribution in [1.29, 1.82) is 0 Å². The third-order valence-electron chi connectivity index (χ3n) is 3.11. The Morgan fingerprint density at radius 3 is 2.94 bits per heavy atom. The number of nitrogens with one attached hydrogen (secondary N) is 1. The van der Waals surface area contributed by atoms with Gasteiger partial charge in [-0.1, -0.05) is 11.6 Å². The normalized spacial score (nSPS) is 30.4. The zero-order valence-electron chi connectivity index (χ0n) is 8.73. The molecule has 2 fully saturated rings. The summed E-state index contributed by atoms with van der Waals surface area (Å²) in [6, 6.07) is 4.90. The van der Waals surface area contributed by atoms with Gasteiger partial charge in [0, 0.05) is 12.1 Å². The van der Waals surface area contributed by atoms with Crippen LogP contribution in [0.4, 0.5) is 0 Å². The molecule has 1 saturated carbocycles. The van der Waals surface area contributed by atoms with Gasteiger partial charge in [-0.2, -0.15) is 0 Å². The molecule has 1 aliphatic heterocycles. The van der Waals surface area contributed by atoms with Crippen molar-refractivity contribution >= 4 is 24.0 Å². The first-order valence-corrected chi connectivity index (χ1v) is 5.69.